The summed E-state index contributed by atoms with van der Waals surface area (Å²) in [5, 5.41) is 4.40. The van der Waals surface area contributed by atoms with E-state index in [0.29, 0.717) is 11.2 Å². The third-order valence-electron chi connectivity index (χ3n) is 1.10. The van der Waals surface area contributed by atoms with Crippen molar-refractivity contribution in [3.8, 4) is 0 Å². The Labute approximate surface area is 67.9 Å². The minimum atomic E-state index is 0.643. The maximum Gasteiger partial charge on any atom is 0.237 e. The molecule has 1 aromatic rings. The average Bonchev–Trinajstić information content (AvgIpc) is 2.37. The zero-order valence-corrected chi connectivity index (χ0v) is 7.39. The SMILES string of the molecule is CCCc1noc(CBr)n1. The summed E-state index contributed by atoms with van der Waals surface area (Å²) in [6.45, 7) is 2.09. The average molecular weight is 205 g/mol. The number of rotatable bonds is 3. The van der Waals surface area contributed by atoms with Crippen molar-refractivity contribution < 1.29 is 4.52 Å². The van der Waals surface area contributed by atoms with Crippen LogP contribution in [0.1, 0.15) is 25.1 Å². The Hall–Kier alpha value is -0.380. The maximum atomic E-state index is 4.86. The van der Waals surface area contributed by atoms with E-state index in [1.807, 2.05) is 0 Å². The molecule has 0 N–H and O–H groups in total. The van der Waals surface area contributed by atoms with Gasteiger partial charge in [0, 0.05) is 6.42 Å². The van der Waals surface area contributed by atoms with Crippen LogP contribution in [-0.4, -0.2) is 10.1 Å². The molecule has 0 bridgehead atoms. The number of halogens is 1. The lowest BCUT2D eigenvalue weighted by atomic mass is 10.3. The van der Waals surface area contributed by atoms with Gasteiger partial charge in [0.1, 0.15) is 0 Å². The summed E-state index contributed by atoms with van der Waals surface area (Å²) < 4.78 is 4.86. The molecular formula is C6H9BrN2O. The van der Waals surface area contributed by atoms with Gasteiger partial charge in [0.05, 0.1) is 5.33 Å². The number of hydrogen-bond acceptors (Lipinski definition) is 3. The molecule has 0 aliphatic rings. The molecule has 0 aliphatic carbocycles. The van der Waals surface area contributed by atoms with Crippen molar-refractivity contribution in [1.82, 2.24) is 10.1 Å². The Morgan fingerprint density at radius 1 is 1.60 bits per heavy atom. The Kier molecular flexibility index (Phi) is 2.86. The van der Waals surface area contributed by atoms with Crippen LogP contribution < -0.4 is 0 Å². The topological polar surface area (TPSA) is 38.9 Å². The second-order valence-corrected chi connectivity index (χ2v) is 2.55. The molecule has 1 heterocycles. The first-order chi connectivity index (χ1) is 4.86. The zero-order valence-electron chi connectivity index (χ0n) is 5.80. The van der Waals surface area contributed by atoms with Crippen LogP contribution in [0.4, 0.5) is 0 Å². The first-order valence-electron chi connectivity index (χ1n) is 3.24. The summed E-state index contributed by atoms with van der Waals surface area (Å²) in [4.78, 5) is 4.09. The van der Waals surface area contributed by atoms with Crippen molar-refractivity contribution in [2.75, 3.05) is 0 Å². The van der Waals surface area contributed by atoms with Gasteiger partial charge in [-0.15, -0.1) is 0 Å². The highest BCUT2D eigenvalue weighted by molar-refractivity contribution is 9.08. The van der Waals surface area contributed by atoms with Gasteiger partial charge in [-0.1, -0.05) is 28.0 Å². The Bertz CT molecular complexity index is 199. The largest absolute Gasteiger partial charge is 0.338 e. The van der Waals surface area contributed by atoms with E-state index in [2.05, 4.69) is 33.0 Å². The van der Waals surface area contributed by atoms with Crippen LogP contribution in [-0.2, 0) is 11.8 Å². The van der Waals surface area contributed by atoms with Gasteiger partial charge in [0.2, 0.25) is 5.89 Å². The molecule has 0 fully saturated rings. The fourth-order valence-corrected chi connectivity index (χ4v) is 0.897. The van der Waals surface area contributed by atoms with Crippen LogP contribution in [0.2, 0.25) is 0 Å². The van der Waals surface area contributed by atoms with E-state index in [-0.39, 0.29) is 0 Å². The highest BCUT2D eigenvalue weighted by atomic mass is 79.9. The molecule has 0 aromatic carbocycles. The van der Waals surface area contributed by atoms with E-state index >= 15 is 0 Å². The molecule has 56 valence electrons. The molecule has 4 heteroatoms. The molecule has 0 amide bonds. The van der Waals surface area contributed by atoms with Gasteiger partial charge in [-0.05, 0) is 6.42 Å². The van der Waals surface area contributed by atoms with E-state index < -0.39 is 0 Å². The summed E-state index contributed by atoms with van der Waals surface area (Å²) in [5.74, 6) is 1.46. The zero-order chi connectivity index (χ0) is 7.40. The van der Waals surface area contributed by atoms with E-state index in [0.717, 1.165) is 18.7 Å². The maximum absolute atomic E-state index is 4.86. The fourth-order valence-electron chi connectivity index (χ4n) is 0.670. The number of aromatic nitrogens is 2. The standard InChI is InChI=1S/C6H9BrN2O/c1-2-3-5-8-6(4-7)10-9-5/h2-4H2,1H3. The molecule has 0 saturated carbocycles. The highest BCUT2D eigenvalue weighted by Gasteiger charge is 2.01. The number of aryl methyl sites for hydroxylation is 1. The van der Waals surface area contributed by atoms with Crippen LogP contribution in [0.3, 0.4) is 0 Å². The first-order valence-corrected chi connectivity index (χ1v) is 4.36. The normalized spacial score (nSPS) is 10.2. The van der Waals surface area contributed by atoms with Gasteiger partial charge in [-0.3, -0.25) is 0 Å². The second kappa shape index (κ2) is 3.71. The van der Waals surface area contributed by atoms with Gasteiger partial charge in [0.25, 0.3) is 0 Å². The lowest BCUT2D eigenvalue weighted by Crippen LogP contribution is -1.85. The Balaban J connectivity index is 2.59. The summed E-state index contributed by atoms with van der Waals surface area (Å²) in [7, 11) is 0. The second-order valence-electron chi connectivity index (χ2n) is 1.99. The van der Waals surface area contributed by atoms with Crippen molar-refractivity contribution >= 4 is 15.9 Å². The van der Waals surface area contributed by atoms with Crippen molar-refractivity contribution in [1.29, 1.82) is 0 Å². The third kappa shape index (κ3) is 1.80. The molecule has 10 heavy (non-hydrogen) atoms. The van der Waals surface area contributed by atoms with Crippen molar-refractivity contribution in [2.45, 2.75) is 25.1 Å². The Morgan fingerprint density at radius 3 is 2.90 bits per heavy atom. The number of nitrogens with zero attached hydrogens (tertiary/aromatic N) is 2. The van der Waals surface area contributed by atoms with Crippen molar-refractivity contribution in [3.05, 3.63) is 11.7 Å². The highest BCUT2D eigenvalue weighted by Crippen LogP contribution is 2.03. The fraction of sp³-hybridized carbons (Fsp3) is 0.667. The molecular weight excluding hydrogens is 196 g/mol. The summed E-state index contributed by atoms with van der Waals surface area (Å²) in [5.41, 5.74) is 0. The predicted octanol–water partition coefficient (Wildman–Crippen LogP) is 1.92. The van der Waals surface area contributed by atoms with Gasteiger partial charge in [0.15, 0.2) is 5.82 Å². The van der Waals surface area contributed by atoms with E-state index in [1.54, 1.807) is 0 Å². The minimum Gasteiger partial charge on any atom is -0.338 e. The molecule has 0 atom stereocenters. The lowest BCUT2D eigenvalue weighted by Gasteiger charge is -1.82. The van der Waals surface area contributed by atoms with Gasteiger partial charge < -0.3 is 4.52 Å². The summed E-state index contributed by atoms with van der Waals surface area (Å²) in [6, 6.07) is 0. The quantitative estimate of drug-likeness (QED) is 0.707. The molecule has 0 radical (unpaired) electrons. The third-order valence-corrected chi connectivity index (χ3v) is 1.58. The molecule has 0 saturated heterocycles. The smallest absolute Gasteiger partial charge is 0.237 e. The predicted molar refractivity (Wildman–Crippen MR) is 40.9 cm³/mol. The van der Waals surface area contributed by atoms with Gasteiger partial charge in [-0.2, -0.15) is 4.98 Å². The van der Waals surface area contributed by atoms with Crippen LogP contribution in [0.25, 0.3) is 0 Å². The van der Waals surface area contributed by atoms with Gasteiger partial charge >= 0.3 is 0 Å². The van der Waals surface area contributed by atoms with Crippen LogP contribution in [0, 0.1) is 0 Å². The van der Waals surface area contributed by atoms with Crippen LogP contribution >= 0.6 is 15.9 Å². The summed E-state index contributed by atoms with van der Waals surface area (Å²) >= 11 is 3.23. The first kappa shape index (κ1) is 7.72. The molecule has 1 rings (SSSR count). The molecule has 1 aromatic heterocycles. The molecule has 0 spiro atoms. The minimum absolute atomic E-state index is 0.643. The molecule has 3 nitrogen and oxygen atoms in total. The summed E-state index contributed by atoms with van der Waals surface area (Å²) in [6.07, 6.45) is 1.96. The van der Waals surface area contributed by atoms with E-state index in [1.165, 1.54) is 0 Å². The molecule has 0 unspecified atom stereocenters. The Morgan fingerprint density at radius 2 is 2.40 bits per heavy atom. The number of hydrogen-bond donors (Lipinski definition) is 0. The van der Waals surface area contributed by atoms with Crippen LogP contribution in [0.15, 0.2) is 4.52 Å². The van der Waals surface area contributed by atoms with E-state index in [4.69, 9.17) is 4.52 Å². The van der Waals surface area contributed by atoms with E-state index in [9.17, 15) is 0 Å². The lowest BCUT2D eigenvalue weighted by molar-refractivity contribution is 0.385. The van der Waals surface area contributed by atoms with Gasteiger partial charge in [-0.25, -0.2) is 0 Å². The monoisotopic (exact) mass is 204 g/mol. The van der Waals surface area contributed by atoms with Crippen LogP contribution in [0.5, 0.6) is 0 Å². The number of alkyl halides is 1. The molecule has 0 aliphatic heterocycles. The van der Waals surface area contributed by atoms with Crippen molar-refractivity contribution in [2.24, 2.45) is 0 Å². The van der Waals surface area contributed by atoms with Crippen molar-refractivity contribution in [3.63, 3.8) is 0 Å².